The van der Waals surface area contributed by atoms with Gasteiger partial charge in [-0.3, -0.25) is 0 Å². The van der Waals surface area contributed by atoms with Crippen LogP contribution in [0.5, 0.6) is 5.75 Å². The SMILES string of the molecule is O=C(O)C1CCC(COc2ccc3c(c2)CCCC3)O1. The highest BCUT2D eigenvalue weighted by Gasteiger charge is 2.30. The van der Waals surface area contributed by atoms with Gasteiger partial charge in [-0.1, -0.05) is 6.07 Å². The first-order chi connectivity index (χ1) is 9.72. The Bertz CT molecular complexity index is 497. The van der Waals surface area contributed by atoms with E-state index in [2.05, 4.69) is 12.1 Å². The topological polar surface area (TPSA) is 55.8 Å². The zero-order valence-corrected chi connectivity index (χ0v) is 11.5. The van der Waals surface area contributed by atoms with Crippen LogP contribution in [0, 0.1) is 0 Å². The van der Waals surface area contributed by atoms with E-state index in [1.165, 1.54) is 30.4 Å². The van der Waals surface area contributed by atoms with E-state index in [1.54, 1.807) is 0 Å². The summed E-state index contributed by atoms with van der Waals surface area (Å²) in [6.07, 6.45) is 5.39. The van der Waals surface area contributed by atoms with E-state index in [1.807, 2.05) is 6.07 Å². The number of aryl methyl sites for hydroxylation is 2. The molecule has 20 heavy (non-hydrogen) atoms. The molecule has 2 atom stereocenters. The highest BCUT2D eigenvalue weighted by molar-refractivity contribution is 5.72. The van der Waals surface area contributed by atoms with E-state index in [0.29, 0.717) is 13.0 Å². The summed E-state index contributed by atoms with van der Waals surface area (Å²) in [5.74, 6) is -0.00527. The summed E-state index contributed by atoms with van der Waals surface area (Å²) >= 11 is 0. The smallest absolute Gasteiger partial charge is 0.332 e. The molecule has 2 unspecified atom stereocenters. The van der Waals surface area contributed by atoms with Crippen LogP contribution in [0.1, 0.15) is 36.8 Å². The molecule has 1 heterocycles. The number of hydrogen-bond acceptors (Lipinski definition) is 3. The average Bonchev–Trinajstić information content (AvgIpc) is 2.94. The Labute approximate surface area is 118 Å². The summed E-state index contributed by atoms with van der Waals surface area (Å²) in [4.78, 5) is 10.8. The first kappa shape index (κ1) is 13.4. The van der Waals surface area contributed by atoms with Crippen molar-refractivity contribution in [2.45, 2.75) is 50.7 Å². The summed E-state index contributed by atoms with van der Waals surface area (Å²) in [7, 11) is 0. The summed E-state index contributed by atoms with van der Waals surface area (Å²) in [6, 6.07) is 6.28. The van der Waals surface area contributed by atoms with Gasteiger partial charge in [0.2, 0.25) is 0 Å². The van der Waals surface area contributed by atoms with E-state index in [-0.39, 0.29) is 6.10 Å². The second-order valence-electron chi connectivity index (χ2n) is 5.61. The molecule has 2 aliphatic rings. The Morgan fingerprint density at radius 3 is 2.80 bits per heavy atom. The van der Waals surface area contributed by atoms with Crippen LogP contribution in [0.4, 0.5) is 0 Å². The maximum atomic E-state index is 10.8. The van der Waals surface area contributed by atoms with Crippen molar-refractivity contribution in [3.63, 3.8) is 0 Å². The molecular weight excluding hydrogens is 256 g/mol. The van der Waals surface area contributed by atoms with Crippen molar-refractivity contribution in [3.05, 3.63) is 29.3 Å². The maximum absolute atomic E-state index is 10.8. The fourth-order valence-corrected chi connectivity index (χ4v) is 3.00. The summed E-state index contributed by atoms with van der Waals surface area (Å²) in [6.45, 7) is 0.433. The molecule has 0 radical (unpaired) electrons. The molecule has 4 heteroatoms. The van der Waals surface area contributed by atoms with Gasteiger partial charge in [-0.25, -0.2) is 4.79 Å². The number of aliphatic carboxylic acids is 1. The number of hydrogen-bond donors (Lipinski definition) is 1. The average molecular weight is 276 g/mol. The van der Waals surface area contributed by atoms with Crippen molar-refractivity contribution in [3.8, 4) is 5.75 Å². The Hall–Kier alpha value is -1.55. The molecule has 1 saturated heterocycles. The fraction of sp³-hybridized carbons (Fsp3) is 0.562. The number of fused-ring (bicyclic) bond motifs is 1. The minimum absolute atomic E-state index is 0.105. The van der Waals surface area contributed by atoms with Gasteiger partial charge in [0.25, 0.3) is 0 Å². The second-order valence-corrected chi connectivity index (χ2v) is 5.61. The number of carboxylic acids is 1. The quantitative estimate of drug-likeness (QED) is 0.918. The Balaban J connectivity index is 1.55. The predicted octanol–water partition coefficient (Wildman–Crippen LogP) is 2.58. The molecule has 108 valence electrons. The van der Waals surface area contributed by atoms with E-state index < -0.39 is 12.1 Å². The normalized spacial score (nSPS) is 25.2. The van der Waals surface area contributed by atoms with Crippen LogP contribution in [0.25, 0.3) is 0 Å². The molecule has 1 fully saturated rings. The number of ether oxygens (including phenoxy) is 2. The Morgan fingerprint density at radius 1 is 1.25 bits per heavy atom. The van der Waals surface area contributed by atoms with E-state index in [4.69, 9.17) is 14.6 Å². The number of carbonyl (C=O) groups is 1. The summed E-state index contributed by atoms with van der Waals surface area (Å²) in [5, 5.41) is 8.88. The van der Waals surface area contributed by atoms with Crippen molar-refractivity contribution in [2.24, 2.45) is 0 Å². The second kappa shape index (κ2) is 5.83. The monoisotopic (exact) mass is 276 g/mol. The molecule has 0 saturated carbocycles. The van der Waals surface area contributed by atoms with Crippen LogP contribution in [0.15, 0.2) is 18.2 Å². The Morgan fingerprint density at radius 2 is 2.05 bits per heavy atom. The van der Waals surface area contributed by atoms with E-state index in [0.717, 1.165) is 18.6 Å². The van der Waals surface area contributed by atoms with Gasteiger partial charge in [0.1, 0.15) is 12.4 Å². The van der Waals surface area contributed by atoms with E-state index in [9.17, 15) is 4.79 Å². The van der Waals surface area contributed by atoms with Gasteiger partial charge >= 0.3 is 5.97 Å². The predicted molar refractivity (Wildman–Crippen MR) is 74.1 cm³/mol. The lowest BCUT2D eigenvalue weighted by Gasteiger charge is -2.18. The molecule has 1 aliphatic carbocycles. The molecule has 0 bridgehead atoms. The van der Waals surface area contributed by atoms with Crippen LogP contribution < -0.4 is 4.74 Å². The minimum atomic E-state index is -0.874. The largest absolute Gasteiger partial charge is 0.491 e. The maximum Gasteiger partial charge on any atom is 0.332 e. The third-order valence-electron chi connectivity index (χ3n) is 4.14. The first-order valence-corrected chi connectivity index (χ1v) is 7.35. The molecule has 3 rings (SSSR count). The van der Waals surface area contributed by atoms with Crippen LogP contribution >= 0.6 is 0 Å². The summed E-state index contributed by atoms with van der Waals surface area (Å²) < 4.78 is 11.2. The van der Waals surface area contributed by atoms with Crippen molar-refractivity contribution in [2.75, 3.05) is 6.61 Å². The summed E-state index contributed by atoms with van der Waals surface area (Å²) in [5.41, 5.74) is 2.83. The fourth-order valence-electron chi connectivity index (χ4n) is 3.00. The minimum Gasteiger partial charge on any atom is -0.491 e. The van der Waals surface area contributed by atoms with Gasteiger partial charge in [0.15, 0.2) is 6.10 Å². The third-order valence-corrected chi connectivity index (χ3v) is 4.14. The van der Waals surface area contributed by atoms with Gasteiger partial charge in [-0.15, -0.1) is 0 Å². The molecule has 1 aliphatic heterocycles. The highest BCUT2D eigenvalue weighted by atomic mass is 16.6. The first-order valence-electron chi connectivity index (χ1n) is 7.35. The number of benzene rings is 1. The number of carboxylic acid groups (broad SMARTS) is 1. The molecular formula is C16H20O4. The van der Waals surface area contributed by atoms with Gasteiger partial charge in [0.05, 0.1) is 6.10 Å². The zero-order valence-electron chi connectivity index (χ0n) is 11.5. The lowest BCUT2D eigenvalue weighted by molar-refractivity contribution is -0.149. The standard InChI is InChI=1S/C16H20O4/c17-16(18)15-8-7-14(20-15)10-19-13-6-5-11-3-1-2-4-12(11)9-13/h5-6,9,14-15H,1-4,7-8,10H2,(H,17,18). The lowest BCUT2D eigenvalue weighted by Crippen LogP contribution is -2.23. The van der Waals surface area contributed by atoms with Crippen LogP contribution in [-0.2, 0) is 22.4 Å². The van der Waals surface area contributed by atoms with Gasteiger partial charge in [-0.05, 0) is 61.8 Å². The van der Waals surface area contributed by atoms with Crippen molar-refractivity contribution in [1.29, 1.82) is 0 Å². The molecule has 1 aromatic rings. The molecule has 0 amide bonds. The van der Waals surface area contributed by atoms with E-state index >= 15 is 0 Å². The molecule has 1 aromatic carbocycles. The number of rotatable bonds is 4. The molecule has 1 N–H and O–H groups in total. The van der Waals surface area contributed by atoms with Crippen molar-refractivity contribution in [1.82, 2.24) is 0 Å². The zero-order chi connectivity index (χ0) is 13.9. The van der Waals surface area contributed by atoms with Crippen LogP contribution in [-0.4, -0.2) is 29.9 Å². The van der Waals surface area contributed by atoms with Crippen LogP contribution in [0.2, 0.25) is 0 Å². The highest BCUT2D eigenvalue weighted by Crippen LogP contribution is 2.26. The molecule has 4 nitrogen and oxygen atoms in total. The van der Waals surface area contributed by atoms with Crippen molar-refractivity contribution < 1.29 is 19.4 Å². The Kier molecular flexibility index (Phi) is 3.92. The van der Waals surface area contributed by atoms with Crippen LogP contribution in [0.3, 0.4) is 0 Å². The third kappa shape index (κ3) is 2.96. The lowest BCUT2D eigenvalue weighted by atomic mass is 9.92. The molecule has 0 spiro atoms. The van der Waals surface area contributed by atoms with Crippen molar-refractivity contribution >= 4 is 5.97 Å². The molecule has 0 aromatic heterocycles. The van der Waals surface area contributed by atoms with Gasteiger partial charge in [-0.2, -0.15) is 0 Å². The van der Waals surface area contributed by atoms with Gasteiger partial charge in [0, 0.05) is 0 Å². The van der Waals surface area contributed by atoms with Gasteiger partial charge < -0.3 is 14.6 Å².